The Labute approximate surface area is 122 Å². The molecular weight excluding hydrogens is 260 g/mol. The van der Waals surface area contributed by atoms with Crippen LogP contribution in [0.15, 0.2) is 0 Å². The molecule has 1 rings (SSSR count). The maximum absolute atomic E-state index is 6.09. The third kappa shape index (κ3) is 4.15. The molecule has 0 radical (unpaired) electrons. The average molecular weight is 290 g/mol. The van der Waals surface area contributed by atoms with Gasteiger partial charge >= 0.3 is 0 Å². The lowest BCUT2D eigenvalue weighted by Crippen LogP contribution is -2.59. The van der Waals surface area contributed by atoms with Crippen LogP contribution in [0.3, 0.4) is 0 Å². The Hall–Kier alpha value is -0.200. The van der Waals surface area contributed by atoms with Crippen LogP contribution in [0.5, 0.6) is 0 Å². The van der Waals surface area contributed by atoms with Crippen molar-refractivity contribution >= 4 is 0 Å². The minimum Gasteiger partial charge on any atom is -0.382 e. The van der Waals surface area contributed by atoms with Crippen LogP contribution in [-0.4, -0.2) is 58.6 Å². The summed E-state index contributed by atoms with van der Waals surface area (Å²) in [4.78, 5) is 0. The molecule has 0 aromatic rings. The molecule has 0 bridgehead atoms. The first-order valence-electron chi connectivity index (χ1n) is 7.31. The summed E-state index contributed by atoms with van der Waals surface area (Å²) in [5.41, 5.74) is 0. The maximum Gasteiger partial charge on any atom is 0.186 e. The SMILES string of the molecule is COCC1OC(OC(C)C)C(OC)C(OC)C1C(C)C. The molecule has 5 unspecified atom stereocenters. The van der Waals surface area contributed by atoms with E-state index in [1.54, 1.807) is 21.3 Å². The van der Waals surface area contributed by atoms with E-state index in [1.165, 1.54) is 0 Å². The zero-order valence-corrected chi connectivity index (χ0v) is 13.8. The lowest BCUT2D eigenvalue weighted by molar-refractivity contribution is -0.312. The van der Waals surface area contributed by atoms with Crippen LogP contribution in [0.25, 0.3) is 0 Å². The highest BCUT2D eigenvalue weighted by atomic mass is 16.7. The molecule has 0 saturated carbocycles. The quantitative estimate of drug-likeness (QED) is 0.718. The summed E-state index contributed by atoms with van der Waals surface area (Å²) in [6.45, 7) is 8.82. The predicted molar refractivity (Wildman–Crippen MR) is 76.7 cm³/mol. The van der Waals surface area contributed by atoms with Gasteiger partial charge in [-0.1, -0.05) is 13.8 Å². The first-order valence-corrected chi connectivity index (χ1v) is 7.31. The topological polar surface area (TPSA) is 46.2 Å². The van der Waals surface area contributed by atoms with E-state index in [-0.39, 0.29) is 30.3 Å². The lowest BCUT2D eigenvalue weighted by atomic mass is 9.80. The summed E-state index contributed by atoms with van der Waals surface area (Å²) in [7, 11) is 5.07. The normalized spacial score (nSPS) is 35.0. The smallest absolute Gasteiger partial charge is 0.186 e. The van der Waals surface area contributed by atoms with E-state index in [9.17, 15) is 0 Å². The van der Waals surface area contributed by atoms with E-state index < -0.39 is 6.29 Å². The molecule has 0 aromatic carbocycles. The number of ether oxygens (including phenoxy) is 5. The largest absolute Gasteiger partial charge is 0.382 e. The van der Waals surface area contributed by atoms with Gasteiger partial charge in [0.15, 0.2) is 6.29 Å². The Morgan fingerprint density at radius 1 is 0.950 bits per heavy atom. The van der Waals surface area contributed by atoms with Gasteiger partial charge in [0.2, 0.25) is 0 Å². The second-order valence-electron chi connectivity index (χ2n) is 5.91. The van der Waals surface area contributed by atoms with E-state index >= 15 is 0 Å². The van der Waals surface area contributed by atoms with Crippen LogP contribution in [-0.2, 0) is 23.7 Å². The fourth-order valence-corrected chi connectivity index (χ4v) is 2.96. The Morgan fingerprint density at radius 2 is 1.55 bits per heavy atom. The molecule has 5 atom stereocenters. The second kappa shape index (κ2) is 8.29. The van der Waals surface area contributed by atoms with Gasteiger partial charge in [-0.3, -0.25) is 0 Å². The van der Waals surface area contributed by atoms with E-state index in [4.69, 9.17) is 23.7 Å². The highest BCUT2D eigenvalue weighted by Gasteiger charge is 2.48. The standard InChI is InChI=1S/C15H30O5/c1-9(2)12-11(8-16-5)20-15(19-10(3)4)14(18-7)13(12)17-6/h9-15H,8H2,1-7H3. The molecule has 1 fully saturated rings. The molecule has 20 heavy (non-hydrogen) atoms. The van der Waals surface area contributed by atoms with Crippen molar-refractivity contribution in [1.29, 1.82) is 0 Å². The minimum atomic E-state index is -0.430. The maximum atomic E-state index is 6.09. The molecular formula is C15H30O5. The van der Waals surface area contributed by atoms with Gasteiger partial charge in [0.05, 0.1) is 24.9 Å². The molecule has 5 heteroatoms. The Morgan fingerprint density at radius 3 is 1.95 bits per heavy atom. The summed E-state index contributed by atoms with van der Waals surface area (Å²) in [5.74, 6) is 0.606. The molecule has 5 nitrogen and oxygen atoms in total. The van der Waals surface area contributed by atoms with E-state index in [1.807, 2.05) is 13.8 Å². The molecule has 0 amide bonds. The zero-order chi connectivity index (χ0) is 15.3. The second-order valence-corrected chi connectivity index (χ2v) is 5.91. The van der Waals surface area contributed by atoms with Crippen LogP contribution in [0.2, 0.25) is 0 Å². The molecule has 1 saturated heterocycles. The molecule has 1 aliphatic rings. The highest BCUT2D eigenvalue weighted by Crippen LogP contribution is 2.35. The van der Waals surface area contributed by atoms with E-state index in [0.29, 0.717) is 12.5 Å². The fraction of sp³-hybridized carbons (Fsp3) is 1.00. The predicted octanol–water partition coefficient (Wildman–Crippen LogP) is 2.08. The summed E-state index contributed by atoms with van der Waals surface area (Å²) in [5, 5.41) is 0. The van der Waals surface area contributed by atoms with Gasteiger partial charge in [0, 0.05) is 27.2 Å². The first kappa shape index (κ1) is 17.9. The van der Waals surface area contributed by atoms with Gasteiger partial charge in [-0.05, 0) is 19.8 Å². The van der Waals surface area contributed by atoms with Crippen molar-refractivity contribution in [1.82, 2.24) is 0 Å². The summed E-state index contributed by atoms with van der Waals surface area (Å²) in [6.07, 6.45) is -0.727. The third-order valence-corrected chi connectivity index (χ3v) is 3.76. The van der Waals surface area contributed by atoms with Crippen molar-refractivity contribution in [2.45, 2.75) is 58.4 Å². The van der Waals surface area contributed by atoms with Gasteiger partial charge in [-0.15, -0.1) is 0 Å². The zero-order valence-electron chi connectivity index (χ0n) is 13.8. The van der Waals surface area contributed by atoms with Crippen LogP contribution in [0, 0.1) is 11.8 Å². The Bertz CT molecular complexity index is 269. The van der Waals surface area contributed by atoms with Gasteiger partial charge in [0.25, 0.3) is 0 Å². The molecule has 120 valence electrons. The summed E-state index contributed by atoms with van der Waals surface area (Å²) in [6, 6.07) is 0. The van der Waals surface area contributed by atoms with Gasteiger partial charge in [-0.25, -0.2) is 0 Å². The summed E-state index contributed by atoms with van der Waals surface area (Å²) >= 11 is 0. The molecule has 0 aromatic heterocycles. The number of hydrogen-bond acceptors (Lipinski definition) is 5. The van der Waals surface area contributed by atoms with Crippen LogP contribution < -0.4 is 0 Å². The van der Waals surface area contributed by atoms with Gasteiger partial charge < -0.3 is 23.7 Å². The third-order valence-electron chi connectivity index (χ3n) is 3.76. The van der Waals surface area contributed by atoms with Gasteiger partial charge in [-0.2, -0.15) is 0 Å². The van der Waals surface area contributed by atoms with Crippen LogP contribution >= 0.6 is 0 Å². The molecule has 0 spiro atoms. The monoisotopic (exact) mass is 290 g/mol. The molecule has 1 aliphatic heterocycles. The van der Waals surface area contributed by atoms with E-state index in [0.717, 1.165) is 0 Å². The lowest BCUT2D eigenvalue weighted by Gasteiger charge is -2.47. The van der Waals surface area contributed by atoms with Crippen molar-refractivity contribution in [2.75, 3.05) is 27.9 Å². The van der Waals surface area contributed by atoms with Crippen molar-refractivity contribution in [3.05, 3.63) is 0 Å². The fourth-order valence-electron chi connectivity index (χ4n) is 2.96. The molecule has 1 heterocycles. The van der Waals surface area contributed by atoms with E-state index in [2.05, 4.69) is 13.8 Å². The number of hydrogen-bond donors (Lipinski definition) is 0. The van der Waals surface area contributed by atoms with Crippen molar-refractivity contribution in [3.8, 4) is 0 Å². The number of rotatable bonds is 7. The average Bonchev–Trinajstić information content (AvgIpc) is 2.37. The molecule has 0 aliphatic carbocycles. The van der Waals surface area contributed by atoms with Crippen molar-refractivity contribution in [2.24, 2.45) is 11.8 Å². The highest BCUT2D eigenvalue weighted by molar-refractivity contribution is 4.92. The Balaban J connectivity index is 2.97. The first-order chi connectivity index (χ1) is 9.46. The van der Waals surface area contributed by atoms with Crippen LogP contribution in [0.1, 0.15) is 27.7 Å². The van der Waals surface area contributed by atoms with Crippen molar-refractivity contribution in [3.63, 3.8) is 0 Å². The number of methoxy groups -OCH3 is 3. The summed E-state index contributed by atoms with van der Waals surface area (Å²) < 4.78 is 28.6. The minimum absolute atomic E-state index is 0.0555. The van der Waals surface area contributed by atoms with Gasteiger partial charge in [0.1, 0.15) is 6.10 Å². The Kier molecular flexibility index (Phi) is 7.40. The van der Waals surface area contributed by atoms with Crippen molar-refractivity contribution < 1.29 is 23.7 Å². The van der Waals surface area contributed by atoms with Crippen LogP contribution in [0.4, 0.5) is 0 Å². The molecule has 0 N–H and O–H groups in total.